The molecule has 7 heteroatoms. The van der Waals surface area contributed by atoms with Crippen LogP contribution in [0.25, 0.3) is 0 Å². The Hall–Kier alpha value is -0.250. The first kappa shape index (κ1) is 16.2. The minimum Gasteiger partial charge on any atom is -0.308 e. The summed E-state index contributed by atoms with van der Waals surface area (Å²) in [6.07, 6.45) is 0. The summed E-state index contributed by atoms with van der Waals surface area (Å²) in [7, 11) is -2.79. The van der Waals surface area contributed by atoms with Crippen molar-refractivity contribution in [3.05, 3.63) is 30.3 Å². The summed E-state index contributed by atoms with van der Waals surface area (Å²) < 4.78 is 11.7. The number of nitrogens with zero attached hydrogens (tertiary/aromatic N) is 1. The number of hydrogen-bond acceptors (Lipinski definition) is 1. The molecular formula is C7H12Cl2NO3P. The highest BCUT2D eigenvalue weighted by atomic mass is 35.5. The van der Waals surface area contributed by atoms with Gasteiger partial charge in [0.2, 0.25) is 0 Å². The highest BCUT2D eigenvalue weighted by molar-refractivity contribution is 7.53. The number of benzene rings is 1. The summed E-state index contributed by atoms with van der Waals surface area (Å²) in [6.45, 7) is 0. The molecule has 0 saturated heterocycles. The average Bonchev–Trinajstić information content (AvgIpc) is 2.03. The Balaban J connectivity index is 0. The summed E-state index contributed by atoms with van der Waals surface area (Å²) in [4.78, 5) is 17.6. The van der Waals surface area contributed by atoms with Crippen LogP contribution in [-0.4, -0.2) is 16.8 Å². The van der Waals surface area contributed by atoms with Crippen molar-refractivity contribution in [2.45, 2.75) is 0 Å². The normalized spacial score (nSPS) is 9.64. The Kier molecular flexibility index (Phi) is 7.26. The Morgan fingerprint density at radius 3 is 1.93 bits per heavy atom. The molecule has 0 heterocycles. The van der Waals surface area contributed by atoms with Gasteiger partial charge < -0.3 is 9.79 Å². The quantitative estimate of drug-likeness (QED) is 0.799. The van der Waals surface area contributed by atoms with Crippen LogP contribution < -0.4 is 4.67 Å². The molecule has 1 rings (SSSR count). The number of para-hydroxylation sites is 1. The average molecular weight is 260 g/mol. The van der Waals surface area contributed by atoms with Crippen molar-refractivity contribution in [2.24, 2.45) is 0 Å². The van der Waals surface area contributed by atoms with Gasteiger partial charge in [0.15, 0.2) is 0 Å². The molecule has 0 aromatic heterocycles. The summed E-state index contributed by atoms with van der Waals surface area (Å²) in [5, 5.41) is 0. The van der Waals surface area contributed by atoms with Crippen molar-refractivity contribution < 1.29 is 14.4 Å². The maximum atomic E-state index is 10.8. The molecule has 0 bridgehead atoms. The second-order valence-corrected chi connectivity index (χ2v) is 4.00. The van der Waals surface area contributed by atoms with Gasteiger partial charge in [0.05, 0.1) is 0 Å². The predicted molar refractivity (Wildman–Crippen MR) is 61.4 cm³/mol. The number of hydrogen-bond donors (Lipinski definition) is 2. The lowest BCUT2D eigenvalue weighted by Crippen LogP contribution is -2.12. The Morgan fingerprint density at radius 1 is 1.14 bits per heavy atom. The van der Waals surface area contributed by atoms with E-state index in [1.54, 1.807) is 30.3 Å². The standard InChI is InChI=1S/C7H10NO3P.2ClH/c1-8(12(9,10)11)7-5-3-2-4-6-7;;/h2-6H,1H3,(H2,9,10,11);2*1H. The molecule has 0 aliphatic carbocycles. The van der Waals surface area contributed by atoms with Gasteiger partial charge >= 0.3 is 7.75 Å². The summed E-state index contributed by atoms with van der Waals surface area (Å²) in [5.41, 5.74) is 0.505. The molecule has 1 aromatic carbocycles. The predicted octanol–water partition coefficient (Wildman–Crippen LogP) is 2.06. The van der Waals surface area contributed by atoms with Crippen LogP contribution >= 0.6 is 32.6 Å². The third-order valence-electron chi connectivity index (χ3n) is 1.52. The zero-order chi connectivity index (χ0) is 9.19. The van der Waals surface area contributed by atoms with Crippen LogP contribution in [0.15, 0.2) is 30.3 Å². The Labute approximate surface area is 95.0 Å². The molecule has 82 valence electrons. The molecule has 4 nitrogen and oxygen atoms in total. The van der Waals surface area contributed by atoms with E-state index in [2.05, 4.69) is 0 Å². The highest BCUT2D eigenvalue weighted by Crippen LogP contribution is 2.41. The topological polar surface area (TPSA) is 60.8 Å². The lowest BCUT2D eigenvalue weighted by atomic mass is 10.3. The number of anilines is 1. The molecule has 0 unspecified atom stereocenters. The van der Waals surface area contributed by atoms with Crippen molar-refractivity contribution >= 4 is 38.2 Å². The van der Waals surface area contributed by atoms with Crippen molar-refractivity contribution in [1.29, 1.82) is 0 Å². The molecule has 2 N–H and O–H groups in total. The monoisotopic (exact) mass is 259 g/mol. The van der Waals surface area contributed by atoms with Gasteiger partial charge in [-0.3, -0.25) is 4.67 Å². The van der Waals surface area contributed by atoms with Gasteiger partial charge in [-0.1, -0.05) is 18.2 Å². The van der Waals surface area contributed by atoms with Gasteiger partial charge in [0.1, 0.15) is 0 Å². The van der Waals surface area contributed by atoms with E-state index in [1.807, 2.05) is 0 Å². The van der Waals surface area contributed by atoms with Crippen LogP contribution in [0.1, 0.15) is 0 Å². The van der Waals surface area contributed by atoms with Gasteiger partial charge in [0.25, 0.3) is 0 Å². The van der Waals surface area contributed by atoms with Gasteiger partial charge in [-0.15, -0.1) is 24.8 Å². The first-order valence-corrected chi connectivity index (χ1v) is 4.93. The van der Waals surface area contributed by atoms with Crippen LogP contribution in [-0.2, 0) is 4.57 Å². The van der Waals surface area contributed by atoms with Crippen LogP contribution in [0.2, 0.25) is 0 Å². The number of rotatable bonds is 2. The van der Waals surface area contributed by atoms with E-state index in [-0.39, 0.29) is 24.8 Å². The minimum absolute atomic E-state index is 0. The van der Waals surface area contributed by atoms with Crippen molar-refractivity contribution in [2.75, 3.05) is 11.7 Å². The fourth-order valence-electron chi connectivity index (χ4n) is 0.794. The fourth-order valence-corrected chi connectivity index (χ4v) is 1.23. The summed E-state index contributed by atoms with van der Waals surface area (Å²) in [5.74, 6) is 0. The third-order valence-corrected chi connectivity index (χ3v) is 2.53. The first-order chi connectivity index (χ1) is 5.52. The van der Waals surface area contributed by atoms with Gasteiger partial charge in [0, 0.05) is 12.7 Å². The third kappa shape index (κ3) is 4.31. The largest absolute Gasteiger partial charge is 0.429 e. The van der Waals surface area contributed by atoms with E-state index >= 15 is 0 Å². The van der Waals surface area contributed by atoms with Gasteiger partial charge in [-0.05, 0) is 12.1 Å². The molecule has 0 amide bonds. The smallest absolute Gasteiger partial charge is 0.308 e. The molecule has 1 aromatic rings. The van der Waals surface area contributed by atoms with E-state index in [4.69, 9.17) is 9.79 Å². The molecule has 0 aliphatic heterocycles. The molecule has 0 fully saturated rings. The Bertz CT molecular complexity index is 303. The lowest BCUT2D eigenvalue weighted by molar-refractivity contribution is 0.371. The summed E-state index contributed by atoms with van der Waals surface area (Å²) in [6, 6.07) is 8.51. The molecule has 0 aliphatic rings. The zero-order valence-electron chi connectivity index (χ0n) is 7.40. The van der Waals surface area contributed by atoms with E-state index in [0.717, 1.165) is 4.67 Å². The maximum absolute atomic E-state index is 10.8. The van der Waals surface area contributed by atoms with Gasteiger partial charge in [-0.25, -0.2) is 4.57 Å². The molecule has 0 radical (unpaired) electrons. The molecule has 0 spiro atoms. The second kappa shape index (κ2) is 6.27. The molecule has 0 atom stereocenters. The zero-order valence-corrected chi connectivity index (χ0v) is 9.93. The molecular weight excluding hydrogens is 248 g/mol. The van der Waals surface area contributed by atoms with E-state index in [9.17, 15) is 4.57 Å². The van der Waals surface area contributed by atoms with Crippen LogP contribution in [0.4, 0.5) is 5.69 Å². The maximum Gasteiger partial charge on any atom is 0.429 e. The molecule has 0 saturated carbocycles. The fraction of sp³-hybridized carbons (Fsp3) is 0.143. The van der Waals surface area contributed by atoms with Crippen molar-refractivity contribution in [3.63, 3.8) is 0 Å². The van der Waals surface area contributed by atoms with Crippen molar-refractivity contribution in [3.8, 4) is 0 Å². The Morgan fingerprint density at radius 2 is 1.57 bits per heavy atom. The van der Waals surface area contributed by atoms with Crippen LogP contribution in [0.5, 0.6) is 0 Å². The van der Waals surface area contributed by atoms with Crippen LogP contribution in [0, 0.1) is 0 Å². The van der Waals surface area contributed by atoms with E-state index < -0.39 is 7.75 Å². The molecule has 14 heavy (non-hydrogen) atoms. The van der Waals surface area contributed by atoms with Crippen molar-refractivity contribution in [1.82, 2.24) is 0 Å². The van der Waals surface area contributed by atoms with Crippen LogP contribution in [0.3, 0.4) is 0 Å². The summed E-state index contributed by atoms with van der Waals surface area (Å²) >= 11 is 0. The lowest BCUT2D eigenvalue weighted by Gasteiger charge is -2.19. The minimum atomic E-state index is -4.15. The number of halogens is 2. The highest BCUT2D eigenvalue weighted by Gasteiger charge is 2.20. The van der Waals surface area contributed by atoms with E-state index in [1.165, 1.54) is 7.05 Å². The van der Waals surface area contributed by atoms with Gasteiger partial charge in [-0.2, -0.15) is 0 Å². The second-order valence-electron chi connectivity index (χ2n) is 2.37. The van der Waals surface area contributed by atoms with E-state index in [0.29, 0.717) is 5.69 Å². The SMILES string of the molecule is CN(c1ccccc1)P(=O)(O)O.Cl.Cl. The first-order valence-electron chi connectivity index (χ1n) is 3.36.